The third kappa shape index (κ3) is 4.85. The molecule has 32 heavy (non-hydrogen) atoms. The minimum atomic E-state index is -3.64. The van der Waals surface area contributed by atoms with Crippen molar-refractivity contribution in [2.75, 3.05) is 31.5 Å². The fourth-order valence-electron chi connectivity index (χ4n) is 3.76. The molecule has 0 spiro atoms. The molecule has 1 fully saturated rings. The van der Waals surface area contributed by atoms with Crippen LogP contribution in [0.3, 0.4) is 0 Å². The Morgan fingerprint density at radius 1 is 0.938 bits per heavy atom. The number of pyridine rings is 1. The van der Waals surface area contributed by atoms with Crippen LogP contribution >= 0.6 is 0 Å². The van der Waals surface area contributed by atoms with Crippen molar-refractivity contribution in [2.45, 2.75) is 10.9 Å². The second-order valence-corrected chi connectivity index (χ2v) is 9.38. The highest BCUT2D eigenvalue weighted by molar-refractivity contribution is 7.89. The first-order chi connectivity index (χ1) is 15.4. The van der Waals surface area contributed by atoms with Crippen LogP contribution in [0, 0.1) is 5.82 Å². The first kappa shape index (κ1) is 22.1. The summed E-state index contributed by atoms with van der Waals surface area (Å²) in [5, 5.41) is 2.84. The number of benzene rings is 2. The van der Waals surface area contributed by atoms with E-state index >= 15 is 0 Å². The number of rotatable bonds is 6. The number of halogens is 1. The quantitative estimate of drug-likeness (QED) is 0.619. The van der Waals surface area contributed by atoms with Gasteiger partial charge in [-0.05, 0) is 42.0 Å². The normalized spacial score (nSPS) is 16.4. The summed E-state index contributed by atoms with van der Waals surface area (Å²) < 4.78 is 40.4. The zero-order valence-corrected chi connectivity index (χ0v) is 18.1. The number of hydrogen-bond donors (Lipinski definition) is 1. The Hall–Kier alpha value is -3.14. The van der Waals surface area contributed by atoms with Gasteiger partial charge in [-0.2, -0.15) is 4.31 Å². The van der Waals surface area contributed by atoms with Crippen LogP contribution in [-0.4, -0.2) is 54.7 Å². The zero-order chi connectivity index (χ0) is 22.6. The van der Waals surface area contributed by atoms with E-state index < -0.39 is 16.1 Å². The molecule has 0 saturated carbocycles. The van der Waals surface area contributed by atoms with E-state index in [0.29, 0.717) is 18.8 Å². The Morgan fingerprint density at radius 3 is 2.25 bits per heavy atom. The predicted octanol–water partition coefficient (Wildman–Crippen LogP) is 2.91. The molecule has 1 aliphatic rings. The van der Waals surface area contributed by atoms with Gasteiger partial charge in [0.2, 0.25) is 15.9 Å². The Bertz CT molecular complexity index is 1150. The first-order valence-electron chi connectivity index (χ1n) is 10.2. The maximum absolute atomic E-state index is 13.2. The molecule has 1 unspecified atom stereocenters. The summed E-state index contributed by atoms with van der Waals surface area (Å²) in [5.74, 6) is -0.639. The Morgan fingerprint density at radius 2 is 1.62 bits per heavy atom. The number of carbonyl (C=O) groups is 1. The molecular weight excluding hydrogens is 431 g/mol. The van der Waals surface area contributed by atoms with Crippen LogP contribution in [-0.2, 0) is 14.8 Å². The molecule has 166 valence electrons. The number of aromatic nitrogens is 1. The predicted molar refractivity (Wildman–Crippen MR) is 119 cm³/mol. The molecule has 1 aromatic heterocycles. The van der Waals surface area contributed by atoms with Crippen molar-refractivity contribution in [1.82, 2.24) is 14.2 Å². The summed E-state index contributed by atoms with van der Waals surface area (Å²) in [7, 11) is -3.64. The molecule has 7 nitrogen and oxygen atoms in total. The average molecular weight is 455 g/mol. The highest BCUT2D eigenvalue weighted by Gasteiger charge is 2.34. The van der Waals surface area contributed by atoms with E-state index in [1.165, 1.54) is 47.0 Å². The van der Waals surface area contributed by atoms with Gasteiger partial charge in [-0.25, -0.2) is 12.8 Å². The average Bonchev–Trinajstić information content (AvgIpc) is 2.82. The highest BCUT2D eigenvalue weighted by atomic mass is 32.2. The summed E-state index contributed by atoms with van der Waals surface area (Å²) in [6.07, 6.45) is 2.87. The van der Waals surface area contributed by atoms with E-state index in [1.54, 1.807) is 6.07 Å². The number of nitrogens with one attached hydrogen (secondary N) is 1. The second-order valence-electron chi connectivity index (χ2n) is 7.44. The number of amides is 1. The van der Waals surface area contributed by atoms with E-state index in [4.69, 9.17) is 0 Å². The minimum Gasteiger partial charge on any atom is -0.324 e. The molecule has 0 radical (unpaired) electrons. The van der Waals surface area contributed by atoms with Gasteiger partial charge in [-0.15, -0.1) is 0 Å². The van der Waals surface area contributed by atoms with Crippen LogP contribution in [0.4, 0.5) is 10.1 Å². The van der Waals surface area contributed by atoms with E-state index in [-0.39, 0.29) is 29.7 Å². The van der Waals surface area contributed by atoms with E-state index in [2.05, 4.69) is 10.3 Å². The van der Waals surface area contributed by atoms with Crippen LogP contribution in [0.15, 0.2) is 84.0 Å². The van der Waals surface area contributed by atoms with E-state index in [9.17, 15) is 17.6 Å². The van der Waals surface area contributed by atoms with Crippen LogP contribution in [0.25, 0.3) is 0 Å². The molecule has 1 aliphatic heterocycles. The molecule has 3 aromatic rings. The number of sulfonamides is 1. The minimum absolute atomic E-state index is 0.155. The van der Waals surface area contributed by atoms with Crippen molar-refractivity contribution in [3.63, 3.8) is 0 Å². The fraction of sp³-hybridized carbons (Fsp3) is 0.217. The number of piperazine rings is 1. The Labute approximate surface area is 186 Å². The van der Waals surface area contributed by atoms with Gasteiger partial charge in [-0.3, -0.25) is 14.7 Å². The molecule has 1 amide bonds. The maximum Gasteiger partial charge on any atom is 0.246 e. The fourth-order valence-corrected chi connectivity index (χ4v) is 5.14. The molecule has 0 bridgehead atoms. The molecule has 9 heteroatoms. The third-order valence-corrected chi connectivity index (χ3v) is 7.27. The summed E-state index contributed by atoms with van der Waals surface area (Å²) in [4.78, 5) is 19.2. The maximum atomic E-state index is 13.2. The second kappa shape index (κ2) is 9.56. The molecule has 0 aliphatic carbocycles. The molecular formula is C23H23FN4O3S. The molecule has 1 N–H and O–H groups in total. The number of nitrogens with zero attached hydrogens (tertiary/aromatic N) is 3. The van der Waals surface area contributed by atoms with Crippen molar-refractivity contribution < 1.29 is 17.6 Å². The monoisotopic (exact) mass is 454 g/mol. The van der Waals surface area contributed by atoms with Crippen molar-refractivity contribution in [1.29, 1.82) is 0 Å². The van der Waals surface area contributed by atoms with Gasteiger partial charge in [0.1, 0.15) is 16.8 Å². The van der Waals surface area contributed by atoms with Crippen molar-refractivity contribution in [3.05, 3.63) is 90.5 Å². The molecule has 1 atom stereocenters. The van der Waals surface area contributed by atoms with Gasteiger partial charge >= 0.3 is 0 Å². The Balaban J connectivity index is 1.52. The smallest absolute Gasteiger partial charge is 0.246 e. The summed E-state index contributed by atoms with van der Waals surface area (Å²) in [6.45, 7) is 1.28. The first-order valence-corrected chi connectivity index (χ1v) is 11.6. The van der Waals surface area contributed by atoms with E-state index in [0.717, 1.165) is 5.56 Å². The van der Waals surface area contributed by atoms with Crippen LogP contribution in [0.2, 0.25) is 0 Å². The lowest BCUT2D eigenvalue weighted by atomic mass is 10.0. The lowest BCUT2D eigenvalue weighted by Gasteiger charge is -2.38. The van der Waals surface area contributed by atoms with Crippen molar-refractivity contribution in [2.24, 2.45) is 0 Å². The highest BCUT2D eigenvalue weighted by Crippen LogP contribution is 2.26. The van der Waals surface area contributed by atoms with Gasteiger partial charge in [0, 0.05) is 44.3 Å². The summed E-state index contributed by atoms with van der Waals surface area (Å²) in [5.41, 5.74) is 1.30. The van der Waals surface area contributed by atoms with Crippen molar-refractivity contribution in [3.8, 4) is 0 Å². The van der Waals surface area contributed by atoms with Crippen LogP contribution in [0.5, 0.6) is 0 Å². The van der Waals surface area contributed by atoms with Gasteiger partial charge in [0.15, 0.2) is 0 Å². The molecule has 2 heterocycles. The molecule has 1 saturated heterocycles. The van der Waals surface area contributed by atoms with E-state index in [1.807, 2.05) is 35.2 Å². The summed E-state index contributed by atoms with van der Waals surface area (Å²) in [6, 6.07) is 17.4. The lowest BCUT2D eigenvalue weighted by Crippen LogP contribution is -2.51. The summed E-state index contributed by atoms with van der Waals surface area (Å²) >= 11 is 0. The van der Waals surface area contributed by atoms with Gasteiger partial charge in [-0.1, -0.05) is 30.3 Å². The zero-order valence-electron chi connectivity index (χ0n) is 17.3. The SMILES string of the molecule is O=C(Nc1ccc(F)cc1)C(c1ccccc1)N1CCN(S(=O)(=O)c2cccnc2)CC1. The van der Waals surface area contributed by atoms with Crippen LogP contribution in [0.1, 0.15) is 11.6 Å². The standard InChI is InChI=1S/C23H23FN4O3S/c24-19-8-10-20(11-9-19)26-23(29)22(18-5-2-1-3-6-18)27-13-15-28(16-14-27)32(30,31)21-7-4-12-25-17-21/h1-12,17,22H,13-16H2,(H,26,29). The van der Waals surface area contributed by atoms with Gasteiger partial charge < -0.3 is 5.32 Å². The van der Waals surface area contributed by atoms with Crippen LogP contribution < -0.4 is 5.32 Å². The number of hydrogen-bond acceptors (Lipinski definition) is 5. The molecule has 4 rings (SSSR count). The van der Waals surface area contributed by atoms with Gasteiger partial charge in [0.05, 0.1) is 0 Å². The van der Waals surface area contributed by atoms with Crippen molar-refractivity contribution >= 4 is 21.6 Å². The molecule has 2 aromatic carbocycles. The number of anilines is 1. The lowest BCUT2D eigenvalue weighted by molar-refractivity contribution is -0.122. The Kier molecular flexibility index (Phi) is 6.59. The third-order valence-electron chi connectivity index (χ3n) is 5.39. The number of carbonyl (C=O) groups excluding carboxylic acids is 1. The van der Waals surface area contributed by atoms with Gasteiger partial charge in [0.25, 0.3) is 0 Å². The largest absolute Gasteiger partial charge is 0.324 e. The topological polar surface area (TPSA) is 82.6 Å².